The van der Waals surface area contributed by atoms with Gasteiger partial charge in [0.2, 0.25) is 0 Å². The van der Waals surface area contributed by atoms with E-state index in [1.807, 2.05) is 0 Å². The lowest BCUT2D eigenvalue weighted by Gasteiger charge is -2.10. The summed E-state index contributed by atoms with van der Waals surface area (Å²) in [5.74, 6) is 0. The van der Waals surface area contributed by atoms with Gasteiger partial charge in [-0.25, -0.2) is 0 Å². The van der Waals surface area contributed by atoms with Gasteiger partial charge in [0.05, 0.1) is 0 Å². The van der Waals surface area contributed by atoms with Crippen molar-refractivity contribution >= 4 is 10.1 Å². The fourth-order valence-corrected chi connectivity index (χ4v) is 2.21. The van der Waals surface area contributed by atoms with Gasteiger partial charge in [0, 0.05) is 0 Å². The fraction of sp³-hybridized carbons (Fsp3) is 0.333. The Morgan fingerprint density at radius 1 is 1.31 bits per heavy atom. The van der Waals surface area contributed by atoms with Crippen LogP contribution >= 0.6 is 0 Å². The van der Waals surface area contributed by atoms with Gasteiger partial charge in [-0.3, -0.25) is 4.55 Å². The van der Waals surface area contributed by atoms with Crippen molar-refractivity contribution in [3.05, 3.63) is 35.9 Å². The van der Waals surface area contributed by atoms with E-state index in [4.69, 9.17) is 4.55 Å². The molecular formula is C9H12O3S. The van der Waals surface area contributed by atoms with Crippen LogP contribution in [0.15, 0.2) is 30.3 Å². The maximum absolute atomic E-state index is 10.9. The van der Waals surface area contributed by atoms with Gasteiger partial charge in [-0.1, -0.05) is 37.3 Å². The Hall–Kier alpha value is -0.870. The van der Waals surface area contributed by atoms with Crippen molar-refractivity contribution < 1.29 is 13.0 Å². The molecule has 1 atom stereocenters. The molecule has 0 saturated heterocycles. The van der Waals surface area contributed by atoms with Gasteiger partial charge in [0.1, 0.15) is 5.25 Å². The zero-order valence-corrected chi connectivity index (χ0v) is 8.16. The van der Waals surface area contributed by atoms with Crippen LogP contribution in [0.5, 0.6) is 0 Å². The van der Waals surface area contributed by atoms with Crippen molar-refractivity contribution in [1.82, 2.24) is 0 Å². The van der Waals surface area contributed by atoms with Crippen molar-refractivity contribution in [3.63, 3.8) is 0 Å². The minimum absolute atomic E-state index is 0.378. The van der Waals surface area contributed by atoms with Gasteiger partial charge < -0.3 is 0 Å². The molecule has 0 heterocycles. The molecule has 0 aliphatic heterocycles. The molecule has 72 valence electrons. The smallest absolute Gasteiger partial charge is 0.271 e. The van der Waals surface area contributed by atoms with Crippen LogP contribution in [0, 0.1) is 0 Å². The number of hydrogen-bond donors (Lipinski definition) is 1. The minimum atomic E-state index is -3.97. The Balaban J connectivity index is 3.06. The molecule has 0 bridgehead atoms. The van der Waals surface area contributed by atoms with Crippen LogP contribution in [-0.4, -0.2) is 13.0 Å². The second kappa shape index (κ2) is 3.89. The normalized spacial score (nSPS) is 14.0. The highest BCUT2D eigenvalue weighted by atomic mass is 32.2. The Kier molecular flexibility index (Phi) is 3.06. The van der Waals surface area contributed by atoms with Gasteiger partial charge in [-0.2, -0.15) is 8.42 Å². The highest BCUT2D eigenvalue weighted by Crippen LogP contribution is 2.23. The van der Waals surface area contributed by atoms with E-state index in [1.165, 1.54) is 0 Å². The van der Waals surface area contributed by atoms with Crippen LogP contribution in [0.2, 0.25) is 0 Å². The third kappa shape index (κ3) is 2.54. The van der Waals surface area contributed by atoms with Crippen molar-refractivity contribution in [2.45, 2.75) is 18.6 Å². The molecule has 1 aromatic rings. The third-order valence-electron chi connectivity index (χ3n) is 1.90. The van der Waals surface area contributed by atoms with E-state index < -0.39 is 15.4 Å². The van der Waals surface area contributed by atoms with Gasteiger partial charge in [-0.05, 0) is 12.0 Å². The highest BCUT2D eigenvalue weighted by molar-refractivity contribution is 7.86. The molecule has 0 aliphatic carbocycles. The monoisotopic (exact) mass is 200 g/mol. The van der Waals surface area contributed by atoms with E-state index in [1.54, 1.807) is 37.3 Å². The lowest BCUT2D eigenvalue weighted by Crippen LogP contribution is -2.10. The summed E-state index contributed by atoms with van der Waals surface area (Å²) in [6, 6.07) is 8.70. The van der Waals surface area contributed by atoms with E-state index in [-0.39, 0.29) is 0 Å². The summed E-state index contributed by atoms with van der Waals surface area (Å²) in [5, 5.41) is -0.798. The van der Waals surface area contributed by atoms with E-state index in [0.29, 0.717) is 12.0 Å². The van der Waals surface area contributed by atoms with Crippen molar-refractivity contribution in [2.24, 2.45) is 0 Å². The second-order valence-electron chi connectivity index (χ2n) is 2.82. The summed E-state index contributed by atoms with van der Waals surface area (Å²) in [5.41, 5.74) is 0.632. The predicted octanol–water partition coefficient (Wildman–Crippen LogP) is 2.03. The summed E-state index contributed by atoms with van der Waals surface area (Å²) in [4.78, 5) is 0. The molecule has 0 saturated carbocycles. The molecule has 0 amide bonds. The van der Waals surface area contributed by atoms with Crippen molar-refractivity contribution in [2.75, 3.05) is 0 Å². The first-order valence-electron chi connectivity index (χ1n) is 4.07. The van der Waals surface area contributed by atoms with E-state index in [9.17, 15) is 8.42 Å². The average molecular weight is 200 g/mol. The number of rotatable bonds is 3. The average Bonchev–Trinajstić information content (AvgIpc) is 2.05. The third-order valence-corrected chi connectivity index (χ3v) is 3.23. The summed E-state index contributed by atoms with van der Waals surface area (Å²) in [6.07, 6.45) is 0.378. The van der Waals surface area contributed by atoms with E-state index in [0.717, 1.165) is 0 Å². The molecule has 4 heteroatoms. The van der Waals surface area contributed by atoms with E-state index in [2.05, 4.69) is 0 Å². The zero-order valence-electron chi connectivity index (χ0n) is 7.34. The molecule has 1 N–H and O–H groups in total. The van der Waals surface area contributed by atoms with Gasteiger partial charge in [0.25, 0.3) is 10.1 Å². The largest absolute Gasteiger partial charge is 0.285 e. The molecule has 3 nitrogen and oxygen atoms in total. The first-order valence-corrected chi connectivity index (χ1v) is 5.57. The molecule has 1 aromatic carbocycles. The van der Waals surface area contributed by atoms with Crippen molar-refractivity contribution in [1.29, 1.82) is 0 Å². The first kappa shape index (κ1) is 10.2. The summed E-state index contributed by atoms with van der Waals surface area (Å²) in [6.45, 7) is 1.73. The Morgan fingerprint density at radius 2 is 1.85 bits per heavy atom. The van der Waals surface area contributed by atoms with Gasteiger partial charge in [0.15, 0.2) is 0 Å². The molecule has 13 heavy (non-hydrogen) atoms. The summed E-state index contributed by atoms with van der Waals surface area (Å²) >= 11 is 0. The standard InChI is InChI=1S/C9H12O3S/c1-2-9(13(10,11)12)8-6-4-3-5-7-8/h3-7,9H,2H2,1H3,(H,10,11,12)/t9-/m0/s1. The van der Waals surface area contributed by atoms with Gasteiger partial charge >= 0.3 is 0 Å². The lowest BCUT2D eigenvalue weighted by molar-refractivity contribution is 0.466. The zero-order chi connectivity index (χ0) is 9.90. The highest BCUT2D eigenvalue weighted by Gasteiger charge is 2.22. The second-order valence-corrected chi connectivity index (χ2v) is 4.42. The SMILES string of the molecule is CC[C@@H](c1ccccc1)S(=O)(=O)O. The Morgan fingerprint density at radius 3 is 2.23 bits per heavy atom. The lowest BCUT2D eigenvalue weighted by atomic mass is 10.1. The Bertz CT molecular complexity index is 356. The molecule has 0 spiro atoms. The summed E-state index contributed by atoms with van der Waals surface area (Å²) in [7, 11) is -3.97. The van der Waals surface area contributed by atoms with Crippen LogP contribution < -0.4 is 0 Å². The van der Waals surface area contributed by atoms with Crippen LogP contribution in [0.1, 0.15) is 24.2 Å². The molecular weight excluding hydrogens is 188 g/mol. The molecule has 0 fully saturated rings. The van der Waals surface area contributed by atoms with Gasteiger partial charge in [-0.15, -0.1) is 0 Å². The maximum Gasteiger partial charge on any atom is 0.271 e. The minimum Gasteiger partial charge on any atom is -0.285 e. The quantitative estimate of drug-likeness (QED) is 0.759. The molecule has 0 radical (unpaired) electrons. The summed E-state index contributed by atoms with van der Waals surface area (Å²) < 4.78 is 30.7. The predicted molar refractivity (Wildman–Crippen MR) is 51.0 cm³/mol. The number of hydrogen-bond acceptors (Lipinski definition) is 2. The molecule has 0 aliphatic rings. The van der Waals surface area contributed by atoms with Crippen LogP contribution in [-0.2, 0) is 10.1 Å². The van der Waals surface area contributed by atoms with Crippen LogP contribution in [0.3, 0.4) is 0 Å². The van der Waals surface area contributed by atoms with Crippen molar-refractivity contribution in [3.8, 4) is 0 Å². The number of benzene rings is 1. The maximum atomic E-state index is 10.9. The molecule has 0 aromatic heterocycles. The first-order chi connectivity index (χ1) is 6.05. The fourth-order valence-electron chi connectivity index (χ4n) is 1.29. The molecule has 0 unspecified atom stereocenters. The molecule has 1 rings (SSSR count). The van der Waals surface area contributed by atoms with E-state index >= 15 is 0 Å². The van der Waals surface area contributed by atoms with Crippen LogP contribution in [0.4, 0.5) is 0 Å². The Labute approximate surface area is 78.2 Å². The topological polar surface area (TPSA) is 54.4 Å². The van der Waals surface area contributed by atoms with Crippen LogP contribution in [0.25, 0.3) is 0 Å².